The molecule has 1 aromatic rings. The molecule has 2 aliphatic rings. The third-order valence-corrected chi connectivity index (χ3v) is 4.41. The van der Waals surface area contributed by atoms with E-state index in [1.807, 2.05) is 4.90 Å². The van der Waals surface area contributed by atoms with Crippen LogP contribution in [0.5, 0.6) is 0 Å². The molecule has 1 atom stereocenters. The lowest BCUT2D eigenvalue weighted by Gasteiger charge is -2.32. The summed E-state index contributed by atoms with van der Waals surface area (Å²) in [4.78, 5) is 34.7. The Morgan fingerprint density at radius 1 is 1.41 bits per heavy atom. The van der Waals surface area contributed by atoms with E-state index in [-0.39, 0.29) is 24.2 Å². The number of rotatable bonds is 3. The number of nitrogens with zero attached hydrogens (tertiary/aromatic N) is 3. The van der Waals surface area contributed by atoms with E-state index >= 15 is 0 Å². The zero-order valence-corrected chi connectivity index (χ0v) is 12.9. The molecule has 1 aliphatic carbocycles. The van der Waals surface area contributed by atoms with Crippen LogP contribution in [0.25, 0.3) is 0 Å². The molecule has 0 unspecified atom stereocenters. The van der Waals surface area contributed by atoms with Crippen LogP contribution in [-0.4, -0.2) is 53.4 Å². The van der Waals surface area contributed by atoms with E-state index < -0.39 is 0 Å². The molecule has 1 saturated heterocycles. The van der Waals surface area contributed by atoms with E-state index in [9.17, 15) is 9.59 Å². The van der Waals surface area contributed by atoms with Crippen molar-refractivity contribution in [2.75, 3.05) is 26.8 Å². The second-order valence-electron chi connectivity index (χ2n) is 5.98. The Labute approximate surface area is 129 Å². The quantitative estimate of drug-likeness (QED) is 0.843. The summed E-state index contributed by atoms with van der Waals surface area (Å²) in [5.74, 6) is 1.08. The summed E-state index contributed by atoms with van der Waals surface area (Å²) in [5, 5.41) is 0. The van der Waals surface area contributed by atoms with Crippen LogP contribution in [0.1, 0.15) is 53.5 Å². The molecule has 1 aliphatic heterocycles. The number of likely N-dealkylation sites (tertiary alicyclic amines) is 1. The Morgan fingerprint density at radius 2 is 2.27 bits per heavy atom. The third kappa shape index (κ3) is 3.02. The van der Waals surface area contributed by atoms with Gasteiger partial charge in [0.1, 0.15) is 12.4 Å². The number of aromatic nitrogens is 2. The Hall–Kier alpha value is -1.82. The van der Waals surface area contributed by atoms with E-state index in [1.54, 1.807) is 6.20 Å². The molecule has 0 spiro atoms. The van der Waals surface area contributed by atoms with Gasteiger partial charge < -0.3 is 9.64 Å². The van der Waals surface area contributed by atoms with Crippen molar-refractivity contribution >= 4 is 11.7 Å². The number of hydrogen-bond acceptors (Lipinski definition) is 5. The first-order chi connectivity index (χ1) is 10.7. The van der Waals surface area contributed by atoms with E-state index in [0.29, 0.717) is 18.5 Å². The van der Waals surface area contributed by atoms with Crippen LogP contribution >= 0.6 is 0 Å². The van der Waals surface area contributed by atoms with E-state index in [4.69, 9.17) is 4.74 Å². The van der Waals surface area contributed by atoms with Crippen LogP contribution in [0.3, 0.4) is 0 Å². The maximum atomic E-state index is 12.0. The van der Waals surface area contributed by atoms with E-state index in [1.165, 1.54) is 7.11 Å². The van der Waals surface area contributed by atoms with Crippen LogP contribution in [0.4, 0.5) is 0 Å². The first-order valence-corrected chi connectivity index (χ1v) is 7.84. The summed E-state index contributed by atoms with van der Waals surface area (Å²) < 4.78 is 4.92. The maximum absolute atomic E-state index is 12.0. The Kier molecular flexibility index (Phi) is 4.47. The molecule has 0 aromatic carbocycles. The Morgan fingerprint density at radius 3 is 3.09 bits per heavy atom. The lowest BCUT2D eigenvalue weighted by atomic mass is 9.94. The van der Waals surface area contributed by atoms with E-state index in [2.05, 4.69) is 9.97 Å². The molecule has 0 saturated carbocycles. The minimum atomic E-state index is 0.0142. The van der Waals surface area contributed by atoms with Gasteiger partial charge in [-0.3, -0.25) is 9.59 Å². The number of fused-ring (bicyclic) bond motifs is 1. The average molecular weight is 303 g/mol. The number of amides is 1. The van der Waals surface area contributed by atoms with Crippen LogP contribution < -0.4 is 0 Å². The summed E-state index contributed by atoms with van der Waals surface area (Å²) in [6.45, 7) is 1.52. The summed E-state index contributed by atoms with van der Waals surface area (Å²) >= 11 is 0. The molecule has 6 heteroatoms. The van der Waals surface area contributed by atoms with Crippen molar-refractivity contribution in [1.82, 2.24) is 14.9 Å². The fraction of sp³-hybridized carbons (Fsp3) is 0.625. The topological polar surface area (TPSA) is 72.4 Å². The Balaban J connectivity index is 1.76. The molecule has 0 bridgehead atoms. The van der Waals surface area contributed by atoms with Crippen molar-refractivity contribution in [2.24, 2.45) is 0 Å². The number of carbonyl (C=O) groups excluding carboxylic acids is 2. The minimum Gasteiger partial charge on any atom is -0.375 e. The zero-order chi connectivity index (χ0) is 15.5. The van der Waals surface area contributed by atoms with Gasteiger partial charge in [0.05, 0.1) is 11.3 Å². The highest BCUT2D eigenvalue weighted by Gasteiger charge is 2.28. The summed E-state index contributed by atoms with van der Waals surface area (Å²) in [6, 6.07) is 0. The molecule has 1 amide bonds. The van der Waals surface area contributed by atoms with Crippen molar-refractivity contribution in [3.8, 4) is 0 Å². The second kappa shape index (κ2) is 6.52. The monoisotopic (exact) mass is 303 g/mol. The number of methoxy groups -OCH3 is 1. The van der Waals surface area contributed by atoms with Crippen LogP contribution in [0.2, 0.25) is 0 Å². The number of ketones is 1. The van der Waals surface area contributed by atoms with Gasteiger partial charge in [-0.1, -0.05) is 0 Å². The SMILES string of the molecule is COCC(=O)N1CCC[C@@H](c2ncc3c(n2)CCCC3=O)C1. The van der Waals surface area contributed by atoms with Gasteiger partial charge in [-0.05, 0) is 25.7 Å². The largest absolute Gasteiger partial charge is 0.375 e. The van der Waals surface area contributed by atoms with Crippen molar-refractivity contribution < 1.29 is 14.3 Å². The average Bonchev–Trinajstić information content (AvgIpc) is 2.55. The third-order valence-electron chi connectivity index (χ3n) is 4.41. The van der Waals surface area contributed by atoms with Gasteiger partial charge in [0.25, 0.3) is 0 Å². The van der Waals surface area contributed by atoms with Crippen LogP contribution in [-0.2, 0) is 16.0 Å². The number of ether oxygens (including phenoxy) is 1. The standard InChI is InChI=1S/C16H21N3O3/c1-22-10-15(21)19-7-3-4-11(9-19)16-17-8-12-13(18-16)5-2-6-14(12)20/h8,11H,2-7,9-10H2,1H3/t11-/m1/s1. The fourth-order valence-corrected chi connectivity index (χ4v) is 3.23. The lowest BCUT2D eigenvalue weighted by molar-refractivity contribution is -0.136. The molecule has 3 rings (SSSR count). The van der Waals surface area contributed by atoms with Gasteiger partial charge in [0, 0.05) is 38.7 Å². The lowest BCUT2D eigenvalue weighted by Crippen LogP contribution is -2.41. The highest BCUT2D eigenvalue weighted by molar-refractivity contribution is 5.97. The maximum Gasteiger partial charge on any atom is 0.248 e. The molecule has 6 nitrogen and oxygen atoms in total. The molecule has 1 fully saturated rings. The highest BCUT2D eigenvalue weighted by Crippen LogP contribution is 2.26. The predicted molar refractivity (Wildman–Crippen MR) is 79.7 cm³/mol. The molecular formula is C16H21N3O3. The minimum absolute atomic E-state index is 0.0142. The van der Waals surface area contributed by atoms with Gasteiger partial charge in [-0.15, -0.1) is 0 Å². The number of Topliss-reactive ketones (excluding diaryl/α,β-unsaturated/α-hetero) is 1. The molecule has 0 N–H and O–H groups in total. The molecule has 22 heavy (non-hydrogen) atoms. The predicted octanol–water partition coefficient (Wildman–Crippen LogP) is 1.35. The van der Waals surface area contributed by atoms with Crippen molar-refractivity contribution in [3.05, 3.63) is 23.3 Å². The van der Waals surface area contributed by atoms with E-state index in [0.717, 1.165) is 43.7 Å². The molecule has 1 aromatic heterocycles. The number of aryl methyl sites for hydroxylation is 1. The first kappa shape index (κ1) is 15.1. The molecule has 0 radical (unpaired) electrons. The Bertz CT molecular complexity index is 588. The second-order valence-corrected chi connectivity index (χ2v) is 5.98. The molecule has 118 valence electrons. The smallest absolute Gasteiger partial charge is 0.248 e. The van der Waals surface area contributed by atoms with Gasteiger partial charge >= 0.3 is 0 Å². The normalized spacial score (nSPS) is 21.6. The summed E-state index contributed by atoms with van der Waals surface area (Å²) in [6.07, 6.45) is 5.90. The van der Waals surface area contributed by atoms with Gasteiger partial charge in [-0.2, -0.15) is 0 Å². The van der Waals surface area contributed by atoms with Gasteiger partial charge in [0.15, 0.2) is 5.78 Å². The summed E-state index contributed by atoms with van der Waals surface area (Å²) in [5.41, 5.74) is 1.56. The molecular weight excluding hydrogens is 282 g/mol. The van der Waals surface area contributed by atoms with Crippen LogP contribution in [0, 0.1) is 0 Å². The van der Waals surface area contributed by atoms with Crippen molar-refractivity contribution in [3.63, 3.8) is 0 Å². The first-order valence-electron chi connectivity index (χ1n) is 7.84. The zero-order valence-electron chi connectivity index (χ0n) is 12.9. The fourth-order valence-electron chi connectivity index (χ4n) is 3.23. The highest BCUT2D eigenvalue weighted by atomic mass is 16.5. The van der Waals surface area contributed by atoms with Gasteiger partial charge in [-0.25, -0.2) is 9.97 Å². The number of carbonyl (C=O) groups is 2. The van der Waals surface area contributed by atoms with Crippen molar-refractivity contribution in [2.45, 2.75) is 38.0 Å². The summed E-state index contributed by atoms with van der Waals surface area (Å²) in [7, 11) is 1.53. The number of hydrogen-bond donors (Lipinski definition) is 0. The van der Waals surface area contributed by atoms with Crippen LogP contribution in [0.15, 0.2) is 6.20 Å². The molecule has 2 heterocycles. The van der Waals surface area contributed by atoms with Gasteiger partial charge in [0.2, 0.25) is 5.91 Å². The number of piperidine rings is 1. The van der Waals surface area contributed by atoms with Crippen molar-refractivity contribution in [1.29, 1.82) is 0 Å².